The Balaban J connectivity index is 1.45. The maximum Gasteiger partial charge on any atom is 0.255 e. The van der Waals surface area contributed by atoms with E-state index in [1.807, 2.05) is 67.6 Å². The molecule has 39 heavy (non-hydrogen) atoms. The number of carbonyl (C=O) groups excluding carboxylic acids is 1. The molecule has 0 spiro atoms. The Bertz CT molecular complexity index is 1380. The van der Waals surface area contributed by atoms with Gasteiger partial charge in [-0.2, -0.15) is 0 Å². The van der Waals surface area contributed by atoms with Gasteiger partial charge in [-0.1, -0.05) is 25.1 Å². The van der Waals surface area contributed by atoms with E-state index in [9.17, 15) is 4.79 Å². The molecule has 0 aliphatic rings. The Morgan fingerprint density at radius 2 is 1.79 bits per heavy atom. The van der Waals surface area contributed by atoms with Gasteiger partial charge in [0, 0.05) is 55.0 Å². The highest BCUT2D eigenvalue weighted by molar-refractivity contribution is 6.04. The number of nitrogens with two attached hydrogens (primary N) is 1. The van der Waals surface area contributed by atoms with Gasteiger partial charge in [0.1, 0.15) is 0 Å². The van der Waals surface area contributed by atoms with Crippen molar-refractivity contribution in [3.8, 4) is 11.3 Å². The van der Waals surface area contributed by atoms with Crippen LogP contribution in [-0.4, -0.2) is 64.4 Å². The zero-order valence-electron chi connectivity index (χ0n) is 23.0. The minimum atomic E-state index is -0.185. The first-order valence-corrected chi connectivity index (χ1v) is 13.0. The molecule has 0 bridgehead atoms. The lowest BCUT2D eigenvalue weighted by molar-refractivity contribution is 0.102. The molecule has 0 fully saturated rings. The topological polar surface area (TPSA) is 104 Å². The molecule has 9 heteroatoms. The summed E-state index contributed by atoms with van der Waals surface area (Å²) in [6, 6.07) is 19.0. The Labute approximate surface area is 230 Å². The van der Waals surface area contributed by atoms with E-state index in [1.54, 1.807) is 18.6 Å². The number of hydrogen-bond donors (Lipinski definition) is 2. The van der Waals surface area contributed by atoms with E-state index in [0.29, 0.717) is 28.6 Å². The lowest BCUT2D eigenvalue weighted by Gasteiger charge is -2.22. The minimum absolute atomic E-state index is 0.185. The number of likely N-dealkylation sites (N-methyl/N-ethyl adjacent to an activating group) is 2. The summed E-state index contributed by atoms with van der Waals surface area (Å²) in [5, 5.41) is 4.41. The monoisotopic (exact) mass is 524 g/mol. The van der Waals surface area contributed by atoms with E-state index < -0.39 is 0 Å². The third-order valence-electron chi connectivity index (χ3n) is 6.48. The predicted molar refractivity (Wildman–Crippen MR) is 157 cm³/mol. The fourth-order valence-electron chi connectivity index (χ4n) is 4.11. The number of anilines is 3. The average molecular weight is 525 g/mol. The summed E-state index contributed by atoms with van der Waals surface area (Å²) in [4.78, 5) is 30.7. The van der Waals surface area contributed by atoms with E-state index in [4.69, 9.17) is 5.84 Å². The van der Waals surface area contributed by atoms with Crippen molar-refractivity contribution in [2.45, 2.75) is 20.4 Å². The molecule has 0 saturated heterocycles. The van der Waals surface area contributed by atoms with Crippen LogP contribution in [0.25, 0.3) is 11.3 Å². The number of hydrogen-bond acceptors (Lipinski definition) is 8. The molecular formula is C30H36N8O. The second-order valence-electron chi connectivity index (χ2n) is 9.68. The molecule has 4 rings (SSSR count). The molecule has 0 aliphatic heterocycles. The van der Waals surface area contributed by atoms with Crippen molar-refractivity contribution in [2.75, 3.05) is 44.1 Å². The largest absolute Gasteiger partial charge is 0.322 e. The van der Waals surface area contributed by atoms with Crippen LogP contribution in [-0.2, 0) is 6.54 Å². The molecule has 0 saturated carbocycles. The molecule has 0 unspecified atom stereocenters. The van der Waals surface area contributed by atoms with E-state index in [-0.39, 0.29) is 5.91 Å². The van der Waals surface area contributed by atoms with Crippen LogP contribution in [0.4, 0.5) is 17.3 Å². The van der Waals surface area contributed by atoms with Crippen LogP contribution < -0.4 is 16.2 Å². The third kappa shape index (κ3) is 7.44. The van der Waals surface area contributed by atoms with Gasteiger partial charge in [-0.3, -0.25) is 14.7 Å². The second-order valence-corrected chi connectivity index (χ2v) is 9.68. The van der Waals surface area contributed by atoms with Crippen molar-refractivity contribution in [1.29, 1.82) is 0 Å². The average Bonchev–Trinajstić information content (AvgIpc) is 2.96. The first-order valence-electron chi connectivity index (χ1n) is 13.0. The highest BCUT2D eigenvalue weighted by Crippen LogP contribution is 2.28. The van der Waals surface area contributed by atoms with Gasteiger partial charge in [-0.15, -0.1) is 0 Å². The van der Waals surface area contributed by atoms with Crippen molar-refractivity contribution in [1.82, 2.24) is 24.8 Å². The Kier molecular flexibility index (Phi) is 9.32. The maximum atomic E-state index is 13.0. The van der Waals surface area contributed by atoms with Gasteiger partial charge in [-0.05, 0) is 81.2 Å². The first-order chi connectivity index (χ1) is 18.8. The molecule has 0 aliphatic carbocycles. The highest BCUT2D eigenvalue weighted by Gasteiger charge is 2.15. The van der Waals surface area contributed by atoms with Crippen LogP contribution in [0.15, 0.2) is 79.3 Å². The number of aryl methyl sites for hydroxylation is 1. The maximum absolute atomic E-state index is 13.0. The van der Waals surface area contributed by atoms with Crippen molar-refractivity contribution in [3.05, 3.63) is 95.9 Å². The number of carbonyl (C=O) groups is 1. The highest BCUT2D eigenvalue weighted by atomic mass is 16.1. The molecule has 3 N–H and O–H groups in total. The minimum Gasteiger partial charge on any atom is -0.322 e. The van der Waals surface area contributed by atoms with Crippen LogP contribution in [0, 0.1) is 6.92 Å². The van der Waals surface area contributed by atoms with Crippen LogP contribution in [0.5, 0.6) is 0 Å². The van der Waals surface area contributed by atoms with E-state index >= 15 is 0 Å². The Morgan fingerprint density at radius 3 is 2.49 bits per heavy atom. The number of hydrazine groups is 1. The van der Waals surface area contributed by atoms with Gasteiger partial charge in [0.05, 0.1) is 11.4 Å². The van der Waals surface area contributed by atoms with Crippen molar-refractivity contribution >= 4 is 23.2 Å². The summed E-state index contributed by atoms with van der Waals surface area (Å²) < 4.78 is 0. The summed E-state index contributed by atoms with van der Waals surface area (Å²) in [6.45, 7) is 7.95. The molecule has 0 atom stereocenters. The zero-order valence-corrected chi connectivity index (χ0v) is 23.0. The number of benzene rings is 2. The molecule has 2 aromatic heterocycles. The van der Waals surface area contributed by atoms with Gasteiger partial charge < -0.3 is 10.2 Å². The molecule has 202 valence electrons. The van der Waals surface area contributed by atoms with Crippen molar-refractivity contribution < 1.29 is 4.79 Å². The third-order valence-corrected chi connectivity index (χ3v) is 6.48. The smallest absolute Gasteiger partial charge is 0.255 e. The summed E-state index contributed by atoms with van der Waals surface area (Å²) in [5.74, 6) is 6.61. The predicted octanol–water partition coefficient (Wildman–Crippen LogP) is 4.49. The molecule has 2 heterocycles. The van der Waals surface area contributed by atoms with Crippen molar-refractivity contribution in [3.63, 3.8) is 0 Å². The Morgan fingerprint density at radius 1 is 1.00 bits per heavy atom. The second kappa shape index (κ2) is 13.1. The summed E-state index contributed by atoms with van der Waals surface area (Å²) >= 11 is 0. The molecule has 4 aromatic rings. The van der Waals surface area contributed by atoms with E-state index in [1.165, 1.54) is 10.6 Å². The van der Waals surface area contributed by atoms with Crippen LogP contribution in [0.1, 0.15) is 28.4 Å². The zero-order chi connectivity index (χ0) is 27.8. The number of pyridine rings is 1. The number of nitrogens with one attached hydrogen (secondary N) is 1. The fraction of sp³-hybridized carbons (Fsp3) is 0.267. The van der Waals surface area contributed by atoms with E-state index in [2.05, 4.69) is 51.1 Å². The number of amides is 1. The molecule has 1 amide bonds. The lowest BCUT2D eigenvalue weighted by Crippen LogP contribution is -2.31. The molecule has 9 nitrogen and oxygen atoms in total. The van der Waals surface area contributed by atoms with Gasteiger partial charge >= 0.3 is 0 Å². The van der Waals surface area contributed by atoms with Crippen LogP contribution in [0.3, 0.4) is 0 Å². The summed E-state index contributed by atoms with van der Waals surface area (Å²) in [5.41, 5.74) is 5.59. The van der Waals surface area contributed by atoms with Crippen LogP contribution >= 0.6 is 0 Å². The standard InChI is InChI=1S/C30H36N8O/c1-5-37(18-17-36(3)4)21-23-9-11-24(12-10-23)29(39)34-26-13-8-22(2)28(19-26)38(31)30-33-16-14-27(35-30)25-7-6-15-32-20-25/h6-16,19-20H,5,17-18,21,31H2,1-4H3,(H,34,39). The van der Waals surface area contributed by atoms with E-state index in [0.717, 1.165) is 37.3 Å². The Hall–Kier alpha value is -4.18. The molecule has 0 radical (unpaired) electrons. The number of nitrogens with zero attached hydrogens (tertiary/aromatic N) is 6. The number of aromatic nitrogens is 3. The normalized spacial score (nSPS) is 11.2. The van der Waals surface area contributed by atoms with Gasteiger partial charge in [0.2, 0.25) is 5.95 Å². The van der Waals surface area contributed by atoms with Gasteiger partial charge in [0.15, 0.2) is 0 Å². The molecular weight excluding hydrogens is 488 g/mol. The van der Waals surface area contributed by atoms with Crippen LogP contribution in [0.2, 0.25) is 0 Å². The fourth-order valence-corrected chi connectivity index (χ4v) is 4.11. The first kappa shape index (κ1) is 27.8. The summed E-state index contributed by atoms with van der Waals surface area (Å²) in [7, 11) is 4.16. The van der Waals surface area contributed by atoms with Gasteiger partial charge in [0.25, 0.3) is 5.91 Å². The van der Waals surface area contributed by atoms with Crippen molar-refractivity contribution in [2.24, 2.45) is 5.84 Å². The molecule has 2 aromatic carbocycles. The SMILES string of the molecule is CCN(CCN(C)C)Cc1ccc(C(=O)Nc2ccc(C)c(N(N)c3nccc(-c4cccnc4)n3)c2)cc1. The van der Waals surface area contributed by atoms with Gasteiger partial charge in [-0.25, -0.2) is 20.8 Å². The lowest BCUT2D eigenvalue weighted by atomic mass is 10.1. The summed E-state index contributed by atoms with van der Waals surface area (Å²) in [6.07, 6.45) is 5.12. The quantitative estimate of drug-likeness (QED) is 0.218. The number of rotatable bonds is 11.